The molecule has 0 aliphatic carbocycles. The number of benzene rings is 1. The second-order valence-corrected chi connectivity index (χ2v) is 8.28. The van der Waals surface area contributed by atoms with Crippen molar-refractivity contribution < 1.29 is 92.6 Å². The molecule has 3 N–H and O–H groups in total. The maximum Gasteiger partial charge on any atom is 1.00 e. The number of H-pyrrole nitrogens is 1. The molecular formula is C20H20N3Na2O9P. The number of nitrogens with one attached hydrogen (secondary N) is 2. The predicted molar refractivity (Wildman–Crippen MR) is 109 cm³/mol. The Morgan fingerprint density at radius 1 is 1.29 bits per heavy atom. The van der Waals surface area contributed by atoms with Gasteiger partial charge in [0.05, 0.1) is 33.5 Å². The standard InChI is InChI=1S/C20H22N3O9P.2Na/c24-15-10-18(32-16(15)12-31-33(28,29)30)23-11-14(19(26)22-20(23)27)7-4-8-21-17(25)9-13-5-2-1-3-6-13;;/h1-3,5-6,11,15-16,18,24H,8-10,12H2,(H,21,25)(H,22,26,27)(H2,28,29,30);;/q;2*+1/p-2/t15?,16-,18-;;/m1../s1. The van der Waals surface area contributed by atoms with Gasteiger partial charge in [-0.25, -0.2) is 4.79 Å². The van der Waals surface area contributed by atoms with Crippen molar-refractivity contribution in [3.8, 4) is 11.8 Å². The summed E-state index contributed by atoms with van der Waals surface area (Å²) < 4.78 is 21.1. The van der Waals surface area contributed by atoms with E-state index in [0.717, 1.165) is 16.3 Å². The zero-order valence-electron chi connectivity index (χ0n) is 19.1. The van der Waals surface area contributed by atoms with Crippen LogP contribution in [-0.2, 0) is 25.0 Å². The molecule has 0 bridgehead atoms. The molecule has 1 fully saturated rings. The first-order chi connectivity index (χ1) is 15.6. The first-order valence-electron chi connectivity index (χ1n) is 9.77. The number of aromatic amines is 1. The van der Waals surface area contributed by atoms with Gasteiger partial charge in [0.25, 0.3) is 5.56 Å². The number of aliphatic hydroxyl groups excluding tert-OH is 1. The molecule has 1 aliphatic rings. The van der Waals surface area contributed by atoms with Crippen LogP contribution in [0, 0.1) is 11.8 Å². The molecule has 0 radical (unpaired) electrons. The molecule has 3 rings (SSSR count). The van der Waals surface area contributed by atoms with Gasteiger partial charge in [0.15, 0.2) is 0 Å². The third-order valence-electron chi connectivity index (χ3n) is 4.68. The summed E-state index contributed by atoms with van der Waals surface area (Å²) in [7, 11) is -5.26. The van der Waals surface area contributed by atoms with Gasteiger partial charge in [-0.15, -0.1) is 0 Å². The fourth-order valence-electron chi connectivity index (χ4n) is 3.11. The van der Waals surface area contributed by atoms with Gasteiger partial charge in [-0.3, -0.25) is 19.1 Å². The van der Waals surface area contributed by atoms with E-state index in [1.807, 2.05) is 30.3 Å². The van der Waals surface area contributed by atoms with E-state index in [2.05, 4.69) is 26.7 Å². The zero-order valence-corrected chi connectivity index (χ0v) is 24.0. The number of ether oxygens (including phenoxy) is 1. The molecule has 1 saturated heterocycles. The van der Waals surface area contributed by atoms with Crippen molar-refractivity contribution in [3.05, 3.63) is 68.5 Å². The molecule has 1 amide bonds. The van der Waals surface area contributed by atoms with Crippen LogP contribution in [0.25, 0.3) is 0 Å². The number of hydrogen-bond donors (Lipinski definition) is 3. The van der Waals surface area contributed by atoms with Crippen LogP contribution in [0.3, 0.4) is 0 Å². The summed E-state index contributed by atoms with van der Waals surface area (Å²) in [5, 5.41) is 12.6. The molecule has 0 spiro atoms. The van der Waals surface area contributed by atoms with Crippen LogP contribution in [0.15, 0.2) is 46.1 Å². The SMILES string of the molecule is O=C(Cc1ccccc1)NCC#Cc1cn([C@H]2CC(O)[C@@H](COP(=O)([O-])[O-])O2)c(=O)[nH]c1=O.[Na+].[Na+]. The number of hydrogen-bond acceptors (Lipinski definition) is 9. The first kappa shape index (κ1) is 32.0. The molecule has 1 aromatic carbocycles. The Bertz CT molecular complexity index is 1220. The molecule has 0 saturated carbocycles. The number of aliphatic hydroxyl groups is 1. The van der Waals surface area contributed by atoms with E-state index in [0.29, 0.717) is 0 Å². The average Bonchev–Trinajstić information content (AvgIpc) is 3.11. The van der Waals surface area contributed by atoms with Crippen molar-refractivity contribution in [3.63, 3.8) is 0 Å². The number of rotatable bonds is 7. The maximum absolute atomic E-state index is 12.2. The van der Waals surface area contributed by atoms with Crippen molar-refractivity contribution in [2.24, 2.45) is 0 Å². The topological polar surface area (TPSA) is 186 Å². The van der Waals surface area contributed by atoms with Crippen LogP contribution in [0.5, 0.6) is 0 Å². The van der Waals surface area contributed by atoms with Gasteiger partial charge in [0.1, 0.15) is 17.9 Å². The minimum absolute atomic E-state index is 0. The number of phosphoric acid groups is 1. The molecule has 1 unspecified atom stereocenters. The minimum atomic E-state index is -5.26. The Labute approximate surface area is 244 Å². The predicted octanol–water partition coefficient (Wildman–Crippen LogP) is -8.25. The van der Waals surface area contributed by atoms with Crippen molar-refractivity contribution in [1.82, 2.24) is 14.9 Å². The Hall–Kier alpha value is -1.04. The Morgan fingerprint density at radius 3 is 2.63 bits per heavy atom. The third-order valence-corrected chi connectivity index (χ3v) is 5.15. The van der Waals surface area contributed by atoms with E-state index in [1.54, 1.807) is 0 Å². The normalized spacial score (nSPS) is 19.0. The number of carbonyl (C=O) groups excluding carboxylic acids is 1. The summed E-state index contributed by atoms with van der Waals surface area (Å²) in [6.07, 6.45) is -2.25. The summed E-state index contributed by atoms with van der Waals surface area (Å²) in [5.74, 6) is 4.93. The third kappa shape index (κ3) is 10.1. The van der Waals surface area contributed by atoms with Gasteiger partial charge in [0, 0.05) is 12.6 Å². The van der Waals surface area contributed by atoms with Crippen LogP contribution in [0.1, 0.15) is 23.8 Å². The Morgan fingerprint density at radius 2 is 1.97 bits per heavy atom. The Balaban J connectivity index is 0.00000306. The van der Waals surface area contributed by atoms with Crippen molar-refractivity contribution in [2.75, 3.05) is 13.2 Å². The summed E-state index contributed by atoms with van der Waals surface area (Å²) in [5.41, 5.74) is -0.842. The van der Waals surface area contributed by atoms with E-state index in [-0.39, 0.29) is 90.0 Å². The van der Waals surface area contributed by atoms with E-state index in [9.17, 15) is 33.8 Å². The molecule has 176 valence electrons. The van der Waals surface area contributed by atoms with E-state index in [4.69, 9.17) is 4.74 Å². The van der Waals surface area contributed by atoms with E-state index in [1.165, 1.54) is 0 Å². The first-order valence-corrected chi connectivity index (χ1v) is 11.2. The molecule has 15 heteroatoms. The van der Waals surface area contributed by atoms with Crippen LogP contribution < -0.4 is 85.5 Å². The quantitative estimate of drug-likeness (QED) is 0.180. The Kier molecular flexibility index (Phi) is 13.4. The molecule has 1 aromatic heterocycles. The summed E-state index contributed by atoms with van der Waals surface area (Å²) in [6, 6.07) is 9.10. The molecule has 3 atom stereocenters. The number of phosphoric ester groups is 1. The monoisotopic (exact) mass is 523 g/mol. The number of amides is 1. The summed E-state index contributed by atoms with van der Waals surface area (Å²) in [6.45, 7) is -0.748. The summed E-state index contributed by atoms with van der Waals surface area (Å²) in [4.78, 5) is 59.5. The minimum Gasteiger partial charge on any atom is -0.790 e. The van der Waals surface area contributed by atoms with Gasteiger partial charge in [0.2, 0.25) is 5.91 Å². The smallest absolute Gasteiger partial charge is 0.790 e. The molecule has 12 nitrogen and oxygen atoms in total. The maximum atomic E-state index is 12.2. The van der Waals surface area contributed by atoms with Crippen LogP contribution >= 0.6 is 7.82 Å². The van der Waals surface area contributed by atoms with Crippen LogP contribution in [-0.4, -0.2) is 45.9 Å². The zero-order chi connectivity index (χ0) is 24.0. The number of aromatic nitrogens is 2. The van der Waals surface area contributed by atoms with Crippen LogP contribution in [0.4, 0.5) is 0 Å². The second kappa shape index (κ2) is 14.6. The van der Waals surface area contributed by atoms with Crippen LogP contribution in [0.2, 0.25) is 0 Å². The van der Waals surface area contributed by atoms with Crippen molar-refractivity contribution in [1.29, 1.82) is 0 Å². The average molecular weight is 523 g/mol. The van der Waals surface area contributed by atoms with Crippen molar-refractivity contribution >= 4 is 13.7 Å². The fraction of sp³-hybridized carbons (Fsp3) is 0.350. The number of carbonyl (C=O) groups is 1. The molecular weight excluding hydrogens is 503 g/mol. The molecule has 1 aliphatic heterocycles. The van der Waals surface area contributed by atoms with Gasteiger partial charge in [-0.2, -0.15) is 0 Å². The molecule has 2 aromatic rings. The molecule has 35 heavy (non-hydrogen) atoms. The number of nitrogens with zero attached hydrogens (tertiary/aromatic N) is 1. The van der Waals surface area contributed by atoms with Gasteiger partial charge >= 0.3 is 64.8 Å². The largest absolute Gasteiger partial charge is 1.00 e. The fourth-order valence-corrected chi connectivity index (χ4v) is 3.44. The van der Waals surface area contributed by atoms with Gasteiger partial charge in [-0.05, 0) is 5.56 Å². The van der Waals surface area contributed by atoms with E-state index >= 15 is 0 Å². The summed E-state index contributed by atoms with van der Waals surface area (Å²) >= 11 is 0. The molecule has 2 heterocycles. The van der Waals surface area contributed by atoms with Crippen molar-refractivity contribution in [2.45, 2.75) is 31.3 Å². The van der Waals surface area contributed by atoms with Gasteiger partial charge < -0.3 is 34.0 Å². The van der Waals surface area contributed by atoms with Gasteiger partial charge in [-0.1, -0.05) is 42.2 Å². The second-order valence-electron chi connectivity index (χ2n) is 7.13. The van der Waals surface area contributed by atoms with E-state index < -0.39 is 44.1 Å².